The molecule has 2 amide bonds. The number of thioether (sulfide) groups is 1. The van der Waals surface area contributed by atoms with E-state index < -0.39 is 5.25 Å². The van der Waals surface area contributed by atoms with E-state index in [0.29, 0.717) is 23.1 Å². The Bertz CT molecular complexity index is 1090. The first-order valence-electron chi connectivity index (χ1n) is 9.79. The monoisotopic (exact) mass is 433 g/mol. The Morgan fingerprint density at radius 3 is 2.29 bits per heavy atom. The molecule has 5 nitrogen and oxygen atoms in total. The second-order valence-electron chi connectivity index (χ2n) is 6.95. The Morgan fingerprint density at radius 2 is 1.61 bits per heavy atom. The summed E-state index contributed by atoms with van der Waals surface area (Å²) in [6.07, 6.45) is 0.0911. The van der Waals surface area contributed by atoms with Gasteiger partial charge < -0.3 is 5.32 Å². The predicted molar refractivity (Wildman–Crippen MR) is 123 cm³/mol. The second kappa shape index (κ2) is 9.57. The SMILES string of the molecule is O=C1C[C@H](SC(=NCc2ccccc2)Nc2ccc(F)cc2)C(=O)N1c1ccccc1. The van der Waals surface area contributed by atoms with Crippen molar-refractivity contribution in [2.45, 2.75) is 18.2 Å². The van der Waals surface area contributed by atoms with E-state index in [9.17, 15) is 14.0 Å². The third-order valence-corrected chi connectivity index (χ3v) is 5.82. The Balaban J connectivity index is 1.54. The Morgan fingerprint density at radius 1 is 0.968 bits per heavy atom. The minimum Gasteiger partial charge on any atom is -0.335 e. The van der Waals surface area contributed by atoms with Crippen molar-refractivity contribution in [3.8, 4) is 0 Å². The van der Waals surface area contributed by atoms with E-state index in [1.807, 2.05) is 36.4 Å². The number of amides is 2. The number of imide groups is 1. The van der Waals surface area contributed by atoms with Crippen molar-refractivity contribution in [1.29, 1.82) is 0 Å². The fourth-order valence-corrected chi connectivity index (χ4v) is 4.21. The number of aliphatic imine (C=N–C) groups is 1. The molecule has 7 heteroatoms. The van der Waals surface area contributed by atoms with Crippen LogP contribution < -0.4 is 10.2 Å². The van der Waals surface area contributed by atoms with Crippen molar-refractivity contribution in [2.24, 2.45) is 4.99 Å². The zero-order valence-corrected chi connectivity index (χ0v) is 17.4. The molecule has 0 aromatic heterocycles. The third-order valence-electron chi connectivity index (χ3n) is 4.72. The van der Waals surface area contributed by atoms with Gasteiger partial charge in [-0.15, -0.1) is 0 Å². The minimum atomic E-state index is -0.588. The van der Waals surface area contributed by atoms with Gasteiger partial charge in [0.2, 0.25) is 11.8 Å². The molecule has 0 spiro atoms. The van der Waals surface area contributed by atoms with Crippen LogP contribution in [0.5, 0.6) is 0 Å². The molecule has 1 N–H and O–H groups in total. The van der Waals surface area contributed by atoms with E-state index in [1.54, 1.807) is 36.4 Å². The average Bonchev–Trinajstić information content (AvgIpc) is 3.07. The molecule has 0 bridgehead atoms. The van der Waals surface area contributed by atoms with Crippen LogP contribution in [0.25, 0.3) is 0 Å². The molecular formula is C24H20FN3O2S. The van der Waals surface area contributed by atoms with Crippen molar-refractivity contribution in [3.63, 3.8) is 0 Å². The van der Waals surface area contributed by atoms with E-state index in [1.165, 1.54) is 28.8 Å². The standard InChI is InChI=1S/C24H20FN3O2S/c25-18-11-13-19(14-12-18)27-24(26-16-17-7-3-1-4-8-17)31-21-15-22(29)28(23(21)30)20-9-5-2-6-10-20/h1-14,21H,15-16H2,(H,26,27)/t21-/m0/s1. The highest BCUT2D eigenvalue weighted by molar-refractivity contribution is 8.15. The number of nitrogens with one attached hydrogen (secondary N) is 1. The lowest BCUT2D eigenvalue weighted by Crippen LogP contribution is -2.31. The Labute approximate surface area is 184 Å². The third kappa shape index (κ3) is 5.19. The number of anilines is 2. The summed E-state index contributed by atoms with van der Waals surface area (Å²) in [6, 6.07) is 24.5. The van der Waals surface area contributed by atoms with Gasteiger partial charge in [0.05, 0.1) is 12.2 Å². The summed E-state index contributed by atoms with van der Waals surface area (Å²) in [4.78, 5) is 31.4. The molecule has 1 fully saturated rings. The van der Waals surface area contributed by atoms with Crippen LogP contribution in [0.2, 0.25) is 0 Å². The summed E-state index contributed by atoms with van der Waals surface area (Å²) in [5.74, 6) is -0.844. The molecule has 1 saturated heterocycles. The van der Waals surface area contributed by atoms with Crippen LogP contribution in [-0.2, 0) is 16.1 Å². The lowest BCUT2D eigenvalue weighted by Gasteiger charge is -2.16. The van der Waals surface area contributed by atoms with Crippen LogP contribution in [0, 0.1) is 5.82 Å². The van der Waals surface area contributed by atoms with Crippen molar-refractivity contribution in [2.75, 3.05) is 10.2 Å². The highest BCUT2D eigenvalue weighted by atomic mass is 32.2. The molecule has 1 aliphatic heterocycles. The van der Waals surface area contributed by atoms with Gasteiger partial charge in [-0.25, -0.2) is 9.29 Å². The number of halogens is 1. The number of carbonyl (C=O) groups excluding carboxylic acids is 2. The largest absolute Gasteiger partial charge is 0.335 e. The first-order valence-corrected chi connectivity index (χ1v) is 10.7. The summed E-state index contributed by atoms with van der Waals surface area (Å²) >= 11 is 1.21. The number of benzene rings is 3. The molecule has 0 radical (unpaired) electrons. The lowest BCUT2D eigenvalue weighted by atomic mass is 10.2. The number of amidine groups is 1. The van der Waals surface area contributed by atoms with Crippen LogP contribution in [0.15, 0.2) is 89.9 Å². The van der Waals surface area contributed by atoms with E-state index >= 15 is 0 Å². The molecule has 1 aliphatic rings. The second-order valence-corrected chi connectivity index (χ2v) is 8.14. The molecule has 1 heterocycles. The van der Waals surface area contributed by atoms with Crippen LogP contribution in [0.4, 0.5) is 15.8 Å². The molecule has 1 atom stereocenters. The van der Waals surface area contributed by atoms with E-state index in [2.05, 4.69) is 10.3 Å². The molecule has 0 unspecified atom stereocenters. The number of para-hydroxylation sites is 1. The van der Waals surface area contributed by atoms with Crippen LogP contribution in [0.3, 0.4) is 0 Å². The Kier molecular flexibility index (Phi) is 6.43. The van der Waals surface area contributed by atoms with Crippen LogP contribution in [0.1, 0.15) is 12.0 Å². The van der Waals surface area contributed by atoms with E-state index in [4.69, 9.17) is 0 Å². The summed E-state index contributed by atoms with van der Waals surface area (Å²) in [5, 5.41) is 3.07. The quantitative estimate of drug-likeness (QED) is 0.355. The maximum absolute atomic E-state index is 13.3. The van der Waals surface area contributed by atoms with Crippen LogP contribution >= 0.6 is 11.8 Å². The molecule has 156 valence electrons. The van der Waals surface area contributed by atoms with Crippen LogP contribution in [-0.4, -0.2) is 22.2 Å². The Hall–Kier alpha value is -3.45. The van der Waals surface area contributed by atoms with Gasteiger partial charge >= 0.3 is 0 Å². The summed E-state index contributed by atoms with van der Waals surface area (Å²) in [6.45, 7) is 0.411. The molecular weight excluding hydrogens is 413 g/mol. The molecule has 31 heavy (non-hydrogen) atoms. The van der Waals surface area contributed by atoms with Gasteiger partial charge in [0.1, 0.15) is 11.1 Å². The van der Waals surface area contributed by atoms with Gasteiger partial charge in [0, 0.05) is 12.1 Å². The van der Waals surface area contributed by atoms with Crippen molar-refractivity contribution in [1.82, 2.24) is 0 Å². The highest BCUT2D eigenvalue weighted by Crippen LogP contribution is 2.31. The number of hydrogen-bond donors (Lipinski definition) is 1. The zero-order valence-electron chi connectivity index (χ0n) is 16.6. The van der Waals surface area contributed by atoms with Gasteiger partial charge in [0.25, 0.3) is 0 Å². The topological polar surface area (TPSA) is 61.8 Å². The molecule has 3 aromatic carbocycles. The summed E-state index contributed by atoms with van der Waals surface area (Å²) in [7, 11) is 0. The minimum absolute atomic E-state index is 0.0911. The number of rotatable bonds is 5. The van der Waals surface area contributed by atoms with Crippen molar-refractivity contribution in [3.05, 3.63) is 96.3 Å². The first kappa shape index (κ1) is 20.8. The number of hydrogen-bond acceptors (Lipinski definition) is 4. The smallest absolute Gasteiger partial charge is 0.247 e. The normalized spacial score (nSPS) is 16.6. The van der Waals surface area contributed by atoms with Gasteiger partial charge in [-0.05, 0) is 42.0 Å². The van der Waals surface area contributed by atoms with Crippen molar-refractivity contribution >= 4 is 40.1 Å². The summed E-state index contributed by atoms with van der Waals surface area (Å²) < 4.78 is 13.3. The van der Waals surface area contributed by atoms with Gasteiger partial charge in [-0.3, -0.25) is 14.6 Å². The molecule has 4 rings (SSSR count). The lowest BCUT2D eigenvalue weighted by molar-refractivity contribution is -0.121. The number of carbonyl (C=O) groups is 2. The molecule has 3 aromatic rings. The number of nitrogens with zero attached hydrogens (tertiary/aromatic N) is 2. The van der Waals surface area contributed by atoms with Gasteiger partial charge in [-0.2, -0.15) is 0 Å². The first-order chi connectivity index (χ1) is 15.1. The zero-order chi connectivity index (χ0) is 21.6. The van der Waals surface area contributed by atoms with E-state index in [0.717, 1.165) is 5.56 Å². The predicted octanol–water partition coefficient (Wildman–Crippen LogP) is 4.86. The maximum atomic E-state index is 13.3. The molecule has 0 saturated carbocycles. The molecule has 0 aliphatic carbocycles. The van der Waals surface area contributed by atoms with E-state index in [-0.39, 0.29) is 24.1 Å². The van der Waals surface area contributed by atoms with Crippen molar-refractivity contribution < 1.29 is 14.0 Å². The maximum Gasteiger partial charge on any atom is 0.247 e. The summed E-state index contributed by atoms with van der Waals surface area (Å²) in [5.41, 5.74) is 2.23. The van der Waals surface area contributed by atoms with Gasteiger partial charge in [0.15, 0.2) is 5.17 Å². The highest BCUT2D eigenvalue weighted by Gasteiger charge is 2.40. The van der Waals surface area contributed by atoms with Gasteiger partial charge in [-0.1, -0.05) is 60.3 Å². The fraction of sp³-hybridized carbons (Fsp3) is 0.125. The average molecular weight is 434 g/mol. The fourth-order valence-electron chi connectivity index (χ4n) is 3.19.